The van der Waals surface area contributed by atoms with Crippen LogP contribution in [-0.4, -0.2) is 16.4 Å². The minimum atomic E-state index is -4.55. The minimum absolute atomic E-state index is 0.195. The van der Waals surface area contributed by atoms with Gasteiger partial charge in [0.2, 0.25) is 5.88 Å². The molecular weight excluding hydrogens is 340 g/mol. The van der Waals surface area contributed by atoms with Crippen LogP contribution in [0.2, 0.25) is 10.0 Å². The summed E-state index contributed by atoms with van der Waals surface area (Å²) in [5.74, 6) is -0.0336. The maximum atomic E-state index is 13.1. The van der Waals surface area contributed by atoms with Crippen molar-refractivity contribution < 1.29 is 17.9 Å². The average molecular weight is 351 g/mol. The zero-order valence-electron chi connectivity index (χ0n) is 11.2. The molecule has 0 amide bonds. The molecule has 1 aromatic heterocycles. The van der Waals surface area contributed by atoms with Crippen LogP contribution in [0.1, 0.15) is 18.4 Å². The minimum Gasteiger partial charge on any atom is -0.477 e. The number of hydrogen-bond donors (Lipinski definition) is 0. The molecule has 1 fully saturated rings. The first-order chi connectivity index (χ1) is 10.4. The quantitative estimate of drug-likeness (QED) is 0.776. The van der Waals surface area contributed by atoms with Crippen molar-refractivity contribution in [1.82, 2.24) is 9.78 Å². The van der Waals surface area contributed by atoms with Crippen LogP contribution in [0.15, 0.2) is 24.4 Å². The van der Waals surface area contributed by atoms with Crippen molar-refractivity contribution in [1.29, 1.82) is 0 Å². The molecule has 1 aromatic carbocycles. The highest BCUT2D eigenvalue weighted by molar-refractivity contribution is 6.35. The van der Waals surface area contributed by atoms with E-state index in [2.05, 4.69) is 5.10 Å². The van der Waals surface area contributed by atoms with E-state index in [0.29, 0.717) is 10.9 Å². The molecular formula is C14H11Cl2F3N2O. The molecule has 8 heteroatoms. The lowest BCUT2D eigenvalue weighted by atomic mass is 10.3. The Hall–Kier alpha value is -1.40. The van der Waals surface area contributed by atoms with Gasteiger partial charge in [-0.05, 0) is 37.0 Å². The van der Waals surface area contributed by atoms with Crippen molar-refractivity contribution in [2.24, 2.45) is 5.92 Å². The van der Waals surface area contributed by atoms with Gasteiger partial charge in [-0.3, -0.25) is 0 Å². The van der Waals surface area contributed by atoms with Gasteiger partial charge in [0.25, 0.3) is 0 Å². The molecule has 22 heavy (non-hydrogen) atoms. The van der Waals surface area contributed by atoms with Crippen LogP contribution in [0.3, 0.4) is 0 Å². The van der Waals surface area contributed by atoms with Crippen molar-refractivity contribution in [2.45, 2.75) is 19.0 Å². The summed E-state index contributed by atoms with van der Waals surface area (Å²) in [6.07, 6.45) is -1.86. The van der Waals surface area contributed by atoms with Crippen molar-refractivity contribution in [3.05, 3.63) is 40.0 Å². The van der Waals surface area contributed by atoms with Gasteiger partial charge in [0.1, 0.15) is 5.56 Å². The summed E-state index contributed by atoms with van der Waals surface area (Å²) in [4.78, 5) is 0. The number of ether oxygens (including phenoxy) is 1. The zero-order chi connectivity index (χ0) is 15.9. The lowest BCUT2D eigenvalue weighted by molar-refractivity contribution is -0.139. The van der Waals surface area contributed by atoms with Crippen LogP contribution in [0.5, 0.6) is 5.88 Å². The van der Waals surface area contributed by atoms with Gasteiger partial charge in [-0.1, -0.05) is 23.2 Å². The molecule has 0 saturated heterocycles. The van der Waals surface area contributed by atoms with Crippen LogP contribution in [-0.2, 0) is 6.18 Å². The Balaban J connectivity index is 2.03. The Labute approximate surface area is 134 Å². The third-order valence-electron chi connectivity index (χ3n) is 3.32. The molecule has 1 aliphatic carbocycles. The largest absolute Gasteiger partial charge is 0.477 e. The van der Waals surface area contributed by atoms with Gasteiger partial charge in [0.05, 0.1) is 23.5 Å². The molecule has 0 radical (unpaired) electrons. The molecule has 3 nitrogen and oxygen atoms in total. The second-order valence-electron chi connectivity index (χ2n) is 5.12. The van der Waals surface area contributed by atoms with Gasteiger partial charge in [0, 0.05) is 5.02 Å². The van der Waals surface area contributed by atoms with Gasteiger partial charge >= 0.3 is 6.18 Å². The SMILES string of the molecule is FC(F)(F)c1cnn(-c2ccc(Cl)cc2Cl)c1OCC1CC1. The molecule has 0 spiro atoms. The van der Waals surface area contributed by atoms with E-state index in [9.17, 15) is 13.2 Å². The number of nitrogens with zero attached hydrogens (tertiary/aromatic N) is 2. The van der Waals surface area contributed by atoms with Gasteiger partial charge in [-0.15, -0.1) is 0 Å². The van der Waals surface area contributed by atoms with Gasteiger partial charge < -0.3 is 4.74 Å². The molecule has 1 heterocycles. The lowest BCUT2D eigenvalue weighted by Gasteiger charge is -2.13. The summed E-state index contributed by atoms with van der Waals surface area (Å²) in [7, 11) is 0. The fourth-order valence-corrected chi connectivity index (χ4v) is 2.47. The third kappa shape index (κ3) is 3.17. The van der Waals surface area contributed by atoms with E-state index in [4.69, 9.17) is 27.9 Å². The number of halogens is 5. The average Bonchev–Trinajstić information content (AvgIpc) is 3.14. The normalized spacial score (nSPS) is 15.1. The Morgan fingerprint density at radius 3 is 2.59 bits per heavy atom. The number of benzene rings is 1. The second-order valence-corrected chi connectivity index (χ2v) is 5.97. The summed E-state index contributed by atoms with van der Waals surface area (Å²) in [5.41, 5.74) is -0.633. The molecule has 0 atom stereocenters. The fourth-order valence-electron chi connectivity index (χ4n) is 1.98. The highest BCUT2D eigenvalue weighted by Crippen LogP contribution is 2.39. The Kier molecular flexibility index (Phi) is 3.99. The second kappa shape index (κ2) is 5.66. The van der Waals surface area contributed by atoms with Crippen LogP contribution in [0.25, 0.3) is 5.69 Å². The fraction of sp³-hybridized carbons (Fsp3) is 0.357. The van der Waals surface area contributed by atoms with E-state index in [0.717, 1.165) is 23.7 Å². The molecule has 0 bridgehead atoms. The molecule has 118 valence electrons. The monoisotopic (exact) mass is 350 g/mol. The summed E-state index contributed by atoms with van der Waals surface area (Å²) in [5, 5.41) is 4.37. The van der Waals surface area contributed by atoms with Crippen molar-refractivity contribution in [2.75, 3.05) is 6.61 Å². The van der Waals surface area contributed by atoms with Crippen LogP contribution in [0, 0.1) is 5.92 Å². The number of hydrogen-bond acceptors (Lipinski definition) is 2. The van der Waals surface area contributed by atoms with E-state index in [1.54, 1.807) is 0 Å². The molecule has 0 unspecified atom stereocenters. The topological polar surface area (TPSA) is 27.1 Å². The predicted molar refractivity (Wildman–Crippen MR) is 76.8 cm³/mol. The van der Waals surface area contributed by atoms with Gasteiger partial charge in [0.15, 0.2) is 0 Å². The Morgan fingerprint density at radius 2 is 2.00 bits per heavy atom. The number of alkyl halides is 3. The van der Waals surface area contributed by atoms with Gasteiger partial charge in [-0.2, -0.15) is 23.0 Å². The summed E-state index contributed by atoms with van der Waals surface area (Å²) in [6.45, 7) is 0.236. The van der Waals surface area contributed by atoms with E-state index in [1.807, 2.05) is 0 Å². The third-order valence-corrected chi connectivity index (χ3v) is 3.86. The van der Waals surface area contributed by atoms with Gasteiger partial charge in [-0.25, -0.2) is 0 Å². The number of rotatable bonds is 4. The summed E-state index contributed by atoms with van der Waals surface area (Å²) in [6, 6.07) is 4.47. The van der Waals surface area contributed by atoms with Crippen molar-refractivity contribution >= 4 is 23.2 Å². The number of aromatic nitrogens is 2. The Bertz CT molecular complexity index is 696. The maximum Gasteiger partial charge on any atom is 0.423 e. The first-order valence-corrected chi connectivity index (χ1v) is 7.35. The van der Waals surface area contributed by atoms with E-state index in [1.165, 1.54) is 18.2 Å². The van der Waals surface area contributed by atoms with E-state index in [-0.39, 0.29) is 23.2 Å². The standard InChI is InChI=1S/C14H11Cl2F3N2O/c15-9-3-4-12(11(16)5-9)21-13(22-7-8-1-2-8)10(6-20-21)14(17,18)19/h3-6,8H,1-2,7H2. The molecule has 3 rings (SSSR count). The summed E-state index contributed by atoms with van der Waals surface area (Å²) >= 11 is 11.9. The first-order valence-electron chi connectivity index (χ1n) is 6.59. The van der Waals surface area contributed by atoms with Crippen LogP contribution in [0.4, 0.5) is 13.2 Å². The van der Waals surface area contributed by atoms with Crippen LogP contribution < -0.4 is 4.74 Å². The lowest BCUT2D eigenvalue weighted by Crippen LogP contribution is -2.11. The highest BCUT2D eigenvalue weighted by atomic mass is 35.5. The molecule has 2 aromatic rings. The zero-order valence-corrected chi connectivity index (χ0v) is 12.7. The van der Waals surface area contributed by atoms with Crippen molar-refractivity contribution in [3.8, 4) is 11.6 Å². The van der Waals surface area contributed by atoms with E-state index >= 15 is 0 Å². The van der Waals surface area contributed by atoms with E-state index < -0.39 is 11.7 Å². The molecule has 1 saturated carbocycles. The predicted octanol–water partition coefficient (Wildman–Crippen LogP) is 4.99. The first kappa shape index (κ1) is 15.5. The maximum absolute atomic E-state index is 13.1. The highest BCUT2D eigenvalue weighted by Gasteiger charge is 2.38. The molecule has 0 aliphatic heterocycles. The van der Waals surface area contributed by atoms with Crippen LogP contribution >= 0.6 is 23.2 Å². The van der Waals surface area contributed by atoms with Crippen molar-refractivity contribution in [3.63, 3.8) is 0 Å². The smallest absolute Gasteiger partial charge is 0.423 e. The molecule has 0 N–H and O–H groups in total. The summed E-state index contributed by atoms with van der Waals surface area (Å²) < 4.78 is 45.7. The Morgan fingerprint density at radius 1 is 1.27 bits per heavy atom. The molecule has 1 aliphatic rings.